The summed E-state index contributed by atoms with van der Waals surface area (Å²) in [6.07, 6.45) is -0.950. The van der Waals surface area contributed by atoms with Gasteiger partial charge in [-0.2, -0.15) is 0 Å². The van der Waals surface area contributed by atoms with Gasteiger partial charge in [-0.25, -0.2) is 9.59 Å². The van der Waals surface area contributed by atoms with Gasteiger partial charge in [0.15, 0.2) is 11.6 Å². The molecule has 0 saturated carbocycles. The van der Waals surface area contributed by atoms with E-state index in [0.717, 1.165) is 5.56 Å². The fraction of sp³-hybridized carbons (Fsp3) is 0.185. The Balaban J connectivity index is 1.92. The fourth-order valence-corrected chi connectivity index (χ4v) is 3.39. The van der Waals surface area contributed by atoms with Crippen LogP contribution in [0.1, 0.15) is 33.2 Å². The van der Waals surface area contributed by atoms with E-state index in [1.165, 1.54) is 0 Å². The Kier molecular flexibility index (Phi) is 8.68. The molecular weight excluding hydrogens is 434 g/mol. The van der Waals surface area contributed by atoms with Crippen LogP contribution in [0.15, 0.2) is 91.0 Å². The predicted molar refractivity (Wildman–Crippen MR) is 125 cm³/mol. The van der Waals surface area contributed by atoms with Crippen LogP contribution in [0.25, 0.3) is 0 Å². The highest BCUT2D eigenvalue weighted by molar-refractivity contribution is 6.18. The Morgan fingerprint density at radius 1 is 0.706 bits per heavy atom. The Hall–Kier alpha value is -4.26. The fourth-order valence-electron chi connectivity index (χ4n) is 3.39. The van der Waals surface area contributed by atoms with Crippen molar-refractivity contribution in [2.24, 2.45) is 5.92 Å². The molecule has 0 spiro atoms. The van der Waals surface area contributed by atoms with Gasteiger partial charge < -0.3 is 14.8 Å². The SMILES string of the molecule is CCOC(=O)[C@@H](NC(=O)OCc1ccccc1)C(C(=O)c1ccccc1)C(=O)c1ccccc1. The van der Waals surface area contributed by atoms with Gasteiger partial charge in [0.25, 0.3) is 0 Å². The van der Waals surface area contributed by atoms with Crippen LogP contribution in [0.5, 0.6) is 0 Å². The molecule has 0 fully saturated rings. The molecule has 1 atom stereocenters. The van der Waals surface area contributed by atoms with Crippen molar-refractivity contribution < 1.29 is 28.7 Å². The Morgan fingerprint density at radius 2 is 1.18 bits per heavy atom. The summed E-state index contributed by atoms with van der Waals surface area (Å²) < 4.78 is 10.3. The largest absolute Gasteiger partial charge is 0.464 e. The molecule has 174 valence electrons. The highest BCUT2D eigenvalue weighted by atomic mass is 16.6. The normalized spacial score (nSPS) is 11.4. The molecule has 0 saturated heterocycles. The Morgan fingerprint density at radius 3 is 1.65 bits per heavy atom. The standard InChI is InChI=1S/C27H25NO6/c1-2-33-26(31)23(28-27(32)34-18-19-12-6-3-7-13-19)22(24(29)20-14-8-4-9-15-20)25(30)21-16-10-5-11-17-21/h3-17,22-23H,2,18H2,1H3,(H,28,32)/t23-/m0/s1. The van der Waals surface area contributed by atoms with Gasteiger partial charge in [-0.15, -0.1) is 0 Å². The third-order valence-electron chi connectivity index (χ3n) is 5.04. The Bertz CT molecular complexity index is 1060. The minimum absolute atomic E-state index is 0.00184. The molecule has 0 aliphatic heterocycles. The second-order valence-electron chi connectivity index (χ2n) is 7.37. The zero-order chi connectivity index (χ0) is 24.3. The average Bonchev–Trinajstić information content (AvgIpc) is 2.88. The molecule has 3 aromatic rings. The van der Waals surface area contributed by atoms with Gasteiger partial charge >= 0.3 is 12.1 Å². The average molecular weight is 459 g/mol. The van der Waals surface area contributed by atoms with E-state index in [-0.39, 0.29) is 24.3 Å². The lowest BCUT2D eigenvalue weighted by molar-refractivity contribution is -0.146. The molecule has 3 aromatic carbocycles. The van der Waals surface area contributed by atoms with E-state index in [4.69, 9.17) is 9.47 Å². The second-order valence-corrected chi connectivity index (χ2v) is 7.37. The minimum Gasteiger partial charge on any atom is -0.464 e. The zero-order valence-electron chi connectivity index (χ0n) is 18.7. The number of hydrogen-bond donors (Lipinski definition) is 1. The number of benzene rings is 3. The van der Waals surface area contributed by atoms with E-state index in [2.05, 4.69) is 5.32 Å². The number of hydrogen-bond acceptors (Lipinski definition) is 6. The van der Waals surface area contributed by atoms with Gasteiger partial charge in [0.05, 0.1) is 6.61 Å². The summed E-state index contributed by atoms with van der Waals surface area (Å²) in [4.78, 5) is 52.4. The molecule has 34 heavy (non-hydrogen) atoms. The van der Waals surface area contributed by atoms with Crippen molar-refractivity contribution in [2.75, 3.05) is 6.61 Å². The van der Waals surface area contributed by atoms with Crippen LogP contribution >= 0.6 is 0 Å². The molecule has 0 aliphatic carbocycles. The van der Waals surface area contributed by atoms with Gasteiger partial charge in [-0.1, -0.05) is 91.0 Å². The third-order valence-corrected chi connectivity index (χ3v) is 5.04. The second kappa shape index (κ2) is 12.1. The number of Topliss-reactive ketones (excluding diaryl/α,β-unsaturated/α-hetero) is 2. The first-order valence-electron chi connectivity index (χ1n) is 10.8. The number of carbonyl (C=O) groups excluding carboxylic acids is 4. The molecule has 0 unspecified atom stereocenters. The van der Waals surface area contributed by atoms with E-state index in [0.29, 0.717) is 0 Å². The maximum atomic E-state index is 13.4. The van der Waals surface area contributed by atoms with Crippen LogP contribution in [-0.4, -0.2) is 36.3 Å². The molecule has 3 rings (SSSR count). The van der Waals surface area contributed by atoms with E-state index < -0.39 is 35.6 Å². The van der Waals surface area contributed by atoms with Gasteiger partial charge in [0.1, 0.15) is 18.6 Å². The monoisotopic (exact) mass is 459 g/mol. The summed E-state index contributed by atoms with van der Waals surface area (Å²) in [5.74, 6) is -3.68. The number of amides is 1. The predicted octanol–water partition coefficient (Wildman–Crippen LogP) is 4.23. The number of nitrogens with one attached hydrogen (secondary N) is 1. The first-order chi connectivity index (χ1) is 16.5. The molecule has 0 bridgehead atoms. The smallest absolute Gasteiger partial charge is 0.408 e. The number of carbonyl (C=O) groups is 4. The molecule has 7 heteroatoms. The van der Waals surface area contributed by atoms with Crippen LogP contribution in [-0.2, 0) is 20.9 Å². The number of ether oxygens (including phenoxy) is 2. The van der Waals surface area contributed by atoms with Crippen LogP contribution in [0.3, 0.4) is 0 Å². The van der Waals surface area contributed by atoms with Crippen molar-refractivity contribution in [1.29, 1.82) is 0 Å². The van der Waals surface area contributed by atoms with E-state index in [1.807, 2.05) is 6.07 Å². The number of rotatable bonds is 10. The van der Waals surface area contributed by atoms with Gasteiger partial charge in [-0.05, 0) is 12.5 Å². The van der Waals surface area contributed by atoms with Gasteiger partial charge in [0, 0.05) is 11.1 Å². The first kappa shape index (κ1) is 24.4. The third kappa shape index (κ3) is 6.38. The van der Waals surface area contributed by atoms with E-state index in [1.54, 1.807) is 91.9 Å². The van der Waals surface area contributed by atoms with Gasteiger partial charge in [-0.3, -0.25) is 9.59 Å². The maximum absolute atomic E-state index is 13.4. The molecular formula is C27H25NO6. The number of esters is 1. The lowest BCUT2D eigenvalue weighted by atomic mass is 9.84. The summed E-state index contributed by atoms with van der Waals surface area (Å²) >= 11 is 0. The Labute approximate surface area is 197 Å². The van der Waals surface area contributed by atoms with E-state index >= 15 is 0 Å². The molecule has 0 radical (unpaired) electrons. The van der Waals surface area contributed by atoms with Crippen molar-refractivity contribution >= 4 is 23.6 Å². The molecule has 0 heterocycles. The van der Waals surface area contributed by atoms with Crippen LogP contribution in [0, 0.1) is 5.92 Å². The summed E-state index contributed by atoms with van der Waals surface area (Å²) in [5, 5.41) is 2.40. The first-order valence-corrected chi connectivity index (χ1v) is 10.8. The summed E-state index contributed by atoms with van der Waals surface area (Å²) in [6, 6.07) is 23.6. The van der Waals surface area contributed by atoms with Crippen molar-refractivity contribution in [3.8, 4) is 0 Å². The highest BCUT2D eigenvalue weighted by Gasteiger charge is 2.42. The summed E-state index contributed by atoms with van der Waals surface area (Å²) in [6.45, 7) is 1.55. The molecule has 1 amide bonds. The number of ketones is 2. The molecule has 0 aliphatic rings. The van der Waals surface area contributed by atoms with Gasteiger partial charge in [0.2, 0.25) is 0 Å². The minimum atomic E-state index is -1.58. The van der Waals surface area contributed by atoms with E-state index in [9.17, 15) is 19.2 Å². The lowest BCUT2D eigenvalue weighted by Crippen LogP contribution is -2.52. The topological polar surface area (TPSA) is 98.8 Å². The highest BCUT2D eigenvalue weighted by Crippen LogP contribution is 2.20. The summed E-state index contributed by atoms with van der Waals surface area (Å²) in [5.41, 5.74) is 1.19. The van der Waals surface area contributed by atoms with Crippen LogP contribution in [0.4, 0.5) is 4.79 Å². The molecule has 1 N–H and O–H groups in total. The lowest BCUT2D eigenvalue weighted by Gasteiger charge is -2.24. The summed E-state index contributed by atoms with van der Waals surface area (Å²) in [7, 11) is 0. The zero-order valence-corrected chi connectivity index (χ0v) is 18.7. The van der Waals surface area contributed by atoms with Crippen molar-refractivity contribution in [3.05, 3.63) is 108 Å². The quantitative estimate of drug-likeness (QED) is 0.277. The van der Waals surface area contributed by atoms with Crippen LogP contribution in [0.2, 0.25) is 0 Å². The molecule has 0 aromatic heterocycles. The van der Waals surface area contributed by atoms with Crippen LogP contribution < -0.4 is 5.32 Å². The maximum Gasteiger partial charge on any atom is 0.408 e. The molecule has 7 nitrogen and oxygen atoms in total. The van der Waals surface area contributed by atoms with Crippen molar-refractivity contribution in [1.82, 2.24) is 5.32 Å². The van der Waals surface area contributed by atoms with Crippen molar-refractivity contribution in [3.63, 3.8) is 0 Å². The van der Waals surface area contributed by atoms with Crippen molar-refractivity contribution in [2.45, 2.75) is 19.6 Å². The number of alkyl carbamates (subject to hydrolysis) is 1.